The van der Waals surface area contributed by atoms with Gasteiger partial charge in [0, 0.05) is 51.1 Å². The highest BCUT2D eigenvalue weighted by Crippen LogP contribution is 2.23. The molecule has 1 aromatic carbocycles. The highest BCUT2D eigenvalue weighted by molar-refractivity contribution is 5.76. The Morgan fingerprint density at radius 1 is 1.14 bits per heavy atom. The van der Waals surface area contributed by atoms with Crippen LogP contribution >= 0.6 is 0 Å². The molecule has 1 amide bonds. The van der Waals surface area contributed by atoms with Crippen LogP contribution in [0.25, 0.3) is 11.5 Å². The molecule has 3 heterocycles. The zero-order valence-electron chi connectivity index (χ0n) is 16.3. The number of carbonyl (C=O) groups excluding carboxylic acids is 1. The molecule has 29 heavy (non-hydrogen) atoms. The van der Waals surface area contributed by atoms with Gasteiger partial charge in [-0.1, -0.05) is 18.2 Å². The summed E-state index contributed by atoms with van der Waals surface area (Å²) in [4.78, 5) is 16.5. The van der Waals surface area contributed by atoms with Crippen LogP contribution < -0.4 is 0 Å². The number of aryl methyl sites for hydroxylation is 2. The van der Waals surface area contributed by atoms with Crippen molar-refractivity contribution in [1.29, 1.82) is 0 Å². The molecular weight excluding hydrogens is 375 g/mol. The summed E-state index contributed by atoms with van der Waals surface area (Å²) in [6.45, 7) is 5.11. The molecule has 7 nitrogen and oxygen atoms in total. The third-order valence-electron chi connectivity index (χ3n) is 5.19. The fourth-order valence-electron chi connectivity index (χ4n) is 3.47. The Hall–Kier alpha value is -3.00. The van der Waals surface area contributed by atoms with E-state index in [9.17, 15) is 9.18 Å². The molecule has 1 fully saturated rings. The Morgan fingerprint density at radius 2 is 1.93 bits per heavy atom. The van der Waals surface area contributed by atoms with Crippen LogP contribution in [0.3, 0.4) is 0 Å². The van der Waals surface area contributed by atoms with E-state index >= 15 is 0 Å². The van der Waals surface area contributed by atoms with Crippen molar-refractivity contribution in [3.8, 4) is 11.5 Å². The van der Waals surface area contributed by atoms with Gasteiger partial charge >= 0.3 is 0 Å². The molecule has 0 bridgehead atoms. The number of hydrogen-bond donors (Lipinski definition) is 0. The van der Waals surface area contributed by atoms with Crippen molar-refractivity contribution in [2.75, 3.05) is 26.2 Å². The summed E-state index contributed by atoms with van der Waals surface area (Å²) in [5.41, 5.74) is 1.45. The largest absolute Gasteiger partial charge is 0.469 e. The molecule has 4 rings (SSSR count). The fourth-order valence-corrected chi connectivity index (χ4v) is 3.47. The van der Waals surface area contributed by atoms with E-state index in [2.05, 4.69) is 15.1 Å². The SMILES string of the molecule is Cc1occc1-c1nnc(CCC(=O)N2CCN(Cc3ccccc3F)CC2)o1. The van der Waals surface area contributed by atoms with Crippen LogP contribution in [-0.2, 0) is 17.8 Å². The van der Waals surface area contributed by atoms with Gasteiger partial charge in [0.2, 0.25) is 11.8 Å². The number of furan rings is 1. The Kier molecular flexibility index (Phi) is 5.71. The molecule has 0 radical (unpaired) electrons. The number of hydrogen-bond acceptors (Lipinski definition) is 6. The summed E-state index contributed by atoms with van der Waals surface area (Å²) < 4.78 is 24.7. The Labute approximate surface area is 168 Å². The third kappa shape index (κ3) is 4.54. The van der Waals surface area contributed by atoms with Crippen LogP contribution in [0, 0.1) is 12.7 Å². The van der Waals surface area contributed by atoms with Crippen molar-refractivity contribution in [1.82, 2.24) is 20.0 Å². The van der Waals surface area contributed by atoms with E-state index in [4.69, 9.17) is 8.83 Å². The van der Waals surface area contributed by atoms with E-state index in [-0.39, 0.29) is 11.7 Å². The van der Waals surface area contributed by atoms with Gasteiger partial charge in [0.05, 0.1) is 11.8 Å². The maximum absolute atomic E-state index is 13.8. The maximum Gasteiger partial charge on any atom is 0.251 e. The molecule has 8 heteroatoms. The summed E-state index contributed by atoms with van der Waals surface area (Å²) in [5, 5.41) is 8.05. The topological polar surface area (TPSA) is 75.6 Å². The highest BCUT2D eigenvalue weighted by Gasteiger charge is 2.22. The molecular formula is C21H23FN4O3. The molecule has 0 saturated carbocycles. The van der Waals surface area contributed by atoms with Crippen LogP contribution in [0.5, 0.6) is 0 Å². The number of amides is 1. The first-order valence-electron chi connectivity index (χ1n) is 9.70. The van der Waals surface area contributed by atoms with E-state index in [1.807, 2.05) is 17.9 Å². The van der Waals surface area contributed by atoms with Gasteiger partial charge in [-0.05, 0) is 19.1 Å². The van der Waals surface area contributed by atoms with Gasteiger partial charge < -0.3 is 13.7 Å². The van der Waals surface area contributed by atoms with Gasteiger partial charge in [0.15, 0.2) is 0 Å². The fraction of sp³-hybridized carbons (Fsp3) is 0.381. The van der Waals surface area contributed by atoms with Crippen molar-refractivity contribution in [3.05, 3.63) is 59.6 Å². The highest BCUT2D eigenvalue weighted by atomic mass is 19.1. The van der Waals surface area contributed by atoms with Crippen molar-refractivity contribution >= 4 is 5.91 Å². The van der Waals surface area contributed by atoms with Gasteiger partial charge in [-0.25, -0.2) is 4.39 Å². The van der Waals surface area contributed by atoms with Gasteiger partial charge in [0.25, 0.3) is 5.89 Å². The summed E-state index contributed by atoms with van der Waals surface area (Å²) in [6, 6.07) is 8.59. The zero-order valence-corrected chi connectivity index (χ0v) is 16.3. The van der Waals surface area contributed by atoms with Gasteiger partial charge in [-0.15, -0.1) is 10.2 Å². The molecule has 2 aromatic heterocycles. The summed E-state index contributed by atoms with van der Waals surface area (Å²) in [5.74, 6) is 1.43. The molecule has 0 aliphatic carbocycles. The minimum atomic E-state index is -0.185. The van der Waals surface area contributed by atoms with Crippen LogP contribution in [0.4, 0.5) is 4.39 Å². The Morgan fingerprint density at radius 3 is 2.66 bits per heavy atom. The number of rotatable bonds is 6. The second kappa shape index (κ2) is 8.57. The average Bonchev–Trinajstić information content (AvgIpc) is 3.37. The quantitative estimate of drug-likeness (QED) is 0.635. The van der Waals surface area contributed by atoms with E-state index in [0.717, 1.165) is 18.7 Å². The normalized spacial score (nSPS) is 15.0. The smallest absolute Gasteiger partial charge is 0.251 e. The molecule has 0 spiro atoms. The van der Waals surface area contributed by atoms with Gasteiger partial charge in [0.1, 0.15) is 11.6 Å². The average molecular weight is 398 g/mol. The maximum atomic E-state index is 13.8. The minimum absolute atomic E-state index is 0.0646. The van der Waals surface area contributed by atoms with Crippen molar-refractivity contribution in [2.24, 2.45) is 0 Å². The first-order chi connectivity index (χ1) is 14.1. The Balaban J connectivity index is 1.25. The van der Waals surface area contributed by atoms with Crippen molar-refractivity contribution < 1.29 is 18.0 Å². The molecule has 1 saturated heterocycles. The zero-order chi connectivity index (χ0) is 20.2. The molecule has 1 aliphatic rings. The number of halogens is 1. The lowest BCUT2D eigenvalue weighted by molar-refractivity contribution is -0.133. The standard InChI is InChI=1S/C21H23FN4O3/c1-15-17(8-13-28-15)21-24-23-19(29-21)6-7-20(27)26-11-9-25(10-12-26)14-16-4-2-3-5-18(16)22/h2-5,8,13H,6-7,9-12,14H2,1H3. The minimum Gasteiger partial charge on any atom is -0.469 e. The molecule has 0 N–H and O–H groups in total. The number of nitrogens with zero attached hydrogens (tertiary/aromatic N) is 4. The van der Waals surface area contributed by atoms with Gasteiger partial charge in [-0.3, -0.25) is 9.69 Å². The number of piperazine rings is 1. The third-order valence-corrected chi connectivity index (χ3v) is 5.19. The van der Waals surface area contributed by atoms with Crippen LogP contribution in [0.2, 0.25) is 0 Å². The molecule has 152 valence electrons. The molecule has 0 unspecified atom stereocenters. The van der Waals surface area contributed by atoms with E-state index in [1.54, 1.807) is 24.5 Å². The molecule has 1 aliphatic heterocycles. The van der Waals surface area contributed by atoms with E-state index in [0.29, 0.717) is 55.6 Å². The predicted molar refractivity (Wildman–Crippen MR) is 103 cm³/mol. The summed E-state index contributed by atoms with van der Waals surface area (Å²) in [6.07, 6.45) is 2.29. The van der Waals surface area contributed by atoms with Crippen LogP contribution in [0.1, 0.15) is 23.6 Å². The summed E-state index contributed by atoms with van der Waals surface area (Å²) in [7, 11) is 0. The van der Waals surface area contributed by atoms with Gasteiger partial charge in [-0.2, -0.15) is 0 Å². The van der Waals surface area contributed by atoms with Crippen LogP contribution in [0.15, 0.2) is 45.4 Å². The number of benzene rings is 1. The molecule has 0 atom stereocenters. The summed E-state index contributed by atoms with van der Waals surface area (Å²) >= 11 is 0. The second-order valence-corrected chi connectivity index (χ2v) is 7.14. The Bertz CT molecular complexity index is 976. The number of carbonyl (C=O) groups is 1. The predicted octanol–water partition coefficient (Wildman–Crippen LogP) is 3.05. The lowest BCUT2D eigenvalue weighted by Gasteiger charge is -2.34. The first kappa shape index (κ1) is 19.3. The first-order valence-corrected chi connectivity index (χ1v) is 9.70. The monoisotopic (exact) mass is 398 g/mol. The van der Waals surface area contributed by atoms with E-state index in [1.165, 1.54) is 6.07 Å². The lowest BCUT2D eigenvalue weighted by Crippen LogP contribution is -2.48. The van der Waals surface area contributed by atoms with Crippen molar-refractivity contribution in [3.63, 3.8) is 0 Å². The number of aromatic nitrogens is 2. The second-order valence-electron chi connectivity index (χ2n) is 7.14. The van der Waals surface area contributed by atoms with E-state index < -0.39 is 0 Å². The van der Waals surface area contributed by atoms with Crippen LogP contribution in [-0.4, -0.2) is 52.1 Å². The lowest BCUT2D eigenvalue weighted by atomic mass is 10.1. The molecule has 3 aromatic rings. The van der Waals surface area contributed by atoms with Crippen molar-refractivity contribution in [2.45, 2.75) is 26.3 Å².